The Morgan fingerprint density at radius 1 is 0.519 bits per heavy atom. The first-order chi connectivity index (χ1) is 51.6. The number of allylic oxidation sites excluding steroid dienone is 1. The summed E-state index contributed by atoms with van der Waals surface area (Å²) in [6.07, 6.45) is 45.8. The summed E-state index contributed by atoms with van der Waals surface area (Å²) in [6, 6.07) is 33.3. The average Bonchev–Trinajstić information content (AvgIpc) is 1.52. The van der Waals surface area contributed by atoms with Crippen molar-refractivity contribution in [2.45, 2.75) is 316 Å². The van der Waals surface area contributed by atoms with Gasteiger partial charge < -0.3 is 23.5 Å². The lowest BCUT2D eigenvalue weighted by Crippen LogP contribution is -2.54. The van der Waals surface area contributed by atoms with Gasteiger partial charge in [-0.05, 0) is 217 Å². The van der Waals surface area contributed by atoms with Crippen molar-refractivity contribution in [1.82, 2.24) is 53.2 Å². The van der Waals surface area contributed by atoms with Crippen molar-refractivity contribution in [3.05, 3.63) is 162 Å². The Hall–Kier alpha value is -7.51. The molecule has 10 heterocycles. The van der Waals surface area contributed by atoms with E-state index in [2.05, 4.69) is 60.1 Å². The van der Waals surface area contributed by atoms with Crippen LogP contribution >= 0.6 is 0 Å². The topological polar surface area (TPSA) is 194 Å². The van der Waals surface area contributed by atoms with E-state index in [1.165, 1.54) is 155 Å². The summed E-state index contributed by atoms with van der Waals surface area (Å²) in [4.78, 5) is 95.4. The fraction of sp³-hybridized carbons (Fsp3) is 0.602. The molecule has 9 fully saturated rings. The summed E-state index contributed by atoms with van der Waals surface area (Å²) in [6.45, 7) is 7.49. The number of ketones is 1. The van der Waals surface area contributed by atoms with E-state index in [9.17, 15) is 29.1 Å². The zero-order valence-electron chi connectivity index (χ0n) is 63.6. The Balaban J connectivity index is 0.000000129. The predicted molar refractivity (Wildman–Crippen MR) is 421 cm³/mol. The molecular formula is C88H115N11O7. The zero-order chi connectivity index (χ0) is 73.2. The molecule has 10 atom stereocenters. The van der Waals surface area contributed by atoms with Gasteiger partial charge in [-0.15, -0.1) is 0 Å². The molecule has 18 nitrogen and oxygen atoms in total. The van der Waals surface area contributed by atoms with E-state index >= 15 is 0 Å². The van der Waals surface area contributed by atoms with Crippen LogP contribution in [0, 0.1) is 0 Å². The number of esters is 1. The third-order valence-electron chi connectivity index (χ3n) is 27.0. The molecule has 106 heavy (non-hydrogen) atoms. The minimum absolute atomic E-state index is 0.0626. The van der Waals surface area contributed by atoms with E-state index in [1.54, 1.807) is 18.3 Å². The highest BCUT2D eigenvalue weighted by molar-refractivity contribution is 5.93. The number of rotatable bonds is 13. The van der Waals surface area contributed by atoms with Gasteiger partial charge >= 0.3 is 5.97 Å². The summed E-state index contributed by atoms with van der Waals surface area (Å²) >= 11 is 0. The Bertz CT molecular complexity index is 4570. The standard InChI is InChI=1S/C34H50N4O3.C31H38N4O2.C23H27N3O2/c1-4-41-33(40)34(36(2)3)20-18-24(19-21-34)31-32(39)38(30-15-11-10-14-29(30)35-31)28-22-26-16-17-27(23-28)37(26)25-12-8-6-5-7-9-13-25;1-21-13-14-22(20-32-21)30(36)19-28-31(37)35(29-12-8-7-11-27(29)33-28)26-17-24-15-16-25(18-26)34(24)23-9-5-3-2-4-6-10-23;1-15(27)22-23(28)26(21-10-6-5-9-20(21)24-22)19-13-17-11-12-18(14-19)25(17)16-7-3-2-4-8-16/h10-11,14-15,24-28H,4-9,12-13,16-23H2,1-3H3;7-8,11-14,20,23-26,36H,1-6,9-10,15-19H2;3,5-7,9-10,16-19H,2,4,8,11-14H2,1H3/t24?,26-,27+,28?,34?;24-,25+,26?;16?,17-,18+,19?. The van der Waals surface area contributed by atoms with Gasteiger partial charge in [0.2, 0.25) is 0 Å². The number of pyridine rings is 1. The smallest absolute Gasteiger partial charge is 0.326 e. The molecule has 0 amide bonds. The Morgan fingerprint density at radius 2 is 0.972 bits per heavy atom. The van der Waals surface area contributed by atoms with Crippen LogP contribution in [-0.2, 0) is 16.0 Å². The first-order valence-corrected chi connectivity index (χ1v) is 41.3. The number of piperidine rings is 3. The van der Waals surface area contributed by atoms with E-state index in [1.807, 2.05) is 95.7 Å². The molecule has 0 spiro atoms. The number of aromatic nitrogens is 7. The van der Waals surface area contributed by atoms with Crippen LogP contribution in [0.2, 0.25) is 0 Å². The SMILES string of the molecule is C=c1ccc(=C(O)Cc2nc3ccccc3n(C3C[C@H]4CC[C@@H](C3)N4C3CCCCCCC3)c2=O)cn1.CC(=O)c1nc2ccccc2n(C2C[C@H]3CC[C@@H](C2)N3C2C=CCCC2)c1=O.CCOC(=O)C1(N(C)C)CCC(c2nc3ccccc3n(C3C[C@H]4CC[C@@H](C3)N4C3CCCCCCC3)c2=O)CC1. The van der Waals surface area contributed by atoms with E-state index in [4.69, 9.17) is 14.7 Å². The van der Waals surface area contributed by atoms with E-state index < -0.39 is 5.54 Å². The summed E-state index contributed by atoms with van der Waals surface area (Å²) in [5.41, 5.74) is 5.57. The number of hydrogen-bond donors (Lipinski definition) is 1. The number of carbonyl (C=O) groups is 2. The number of aliphatic hydroxyl groups is 1. The van der Waals surface area contributed by atoms with Crippen LogP contribution < -0.4 is 27.2 Å². The Morgan fingerprint density at radius 3 is 1.42 bits per heavy atom. The number of fused-ring (bicyclic) bond motifs is 9. The number of ether oxygens (including phenoxy) is 1. The molecule has 564 valence electrons. The summed E-state index contributed by atoms with van der Waals surface area (Å²) < 4.78 is 11.5. The molecule has 1 N–H and O–H groups in total. The number of likely N-dealkylation sites (N-methyl/N-ethyl adjacent to an activating group) is 1. The molecule has 7 aromatic rings. The van der Waals surface area contributed by atoms with Gasteiger partial charge in [0.25, 0.3) is 16.7 Å². The van der Waals surface area contributed by atoms with E-state index in [-0.39, 0.29) is 70.3 Å². The second-order valence-corrected chi connectivity index (χ2v) is 33.4. The highest BCUT2D eigenvalue weighted by Crippen LogP contribution is 2.48. The van der Waals surface area contributed by atoms with Gasteiger partial charge in [-0.25, -0.2) is 15.0 Å². The van der Waals surface area contributed by atoms with Crippen molar-refractivity contribution in [3.8, 4) is 0 Å². The molecule has 10 aliphatic rings. The van der Waals surface area contributed by atoms with Gasteiger partial charge in [0.05, 0.1) is 51.5 Å². The maximum Gasteiger partial charge on any atom is 0.326 e. The van der Waals surface area contributed by atoms with E-state index in [0.29, 0.717) is 89.7 Å². The number of para-hydroxylation sites is 6. The van der Waals surface area contributed by atoms with Crippen LogP contribution in [-0.4, -0.2) is 151 Å². The predicted octanol–water partition coefficient (Wildman–Crippen LogP) is 14.5. The normalized spacial score (nSPS) is 29.3. The average molecular weight is 1440 g/mol. The molecule has 18 heteroatoms. The second kappa shape index (κ2) is 32.7. The van der Waals surface area contributed by atoms with Crippen LogP contribution in [0.4, 0.5) is 0 Å². The lowest BCUT2D eigenvalue weighted by atomic mass is 9.74. The highest BCUT2D eigenvalue weighted by atomic mass is 16.5. The number of benzene rings is 3. The van der Waals surface area contributed by atoms with Crippen molar-refractivity contribution < 1.29 is 19.4 Å². The molecule has 6 saturated heterocycles. The summed E-state index contributed by atoms with van der Waals surface area (Å²) in [5, 5.41) is 12.1. The number of Topliss-reactive ketones (excluding diaryl/α,β-unsaturated/α-hetero) is 1. The van der Waals surface area contributed by atoms with Crippen LogP contribution in [0.25, 0.3) is 45.4 Å². The molecule has 4 aromatic heterocycles. The fourth-order valence-electron chi connectivity index (χ4n) is 22.0. The summed E-state index contributed by atoms with van der Waals surface area (Å²) in [5.74, 6) is -0.221. The molecule has 4 aliphatic carbocycles. The maximum absolute atomic E-state index is 14.4. The van der Waals surface area contributed by atoms with Gasteiger partial charge in [0.1, 0.15) is 22.7 Å². The van der Waals surface area contributed by atoms with Crippen LogP contribution in [0.3, 0.4) is 0 Å². The number of nitrogens with zero attached hydrogens (tertiary/aromatic N) is 11. The van der Waals surface area contributed by atoms with Crippen LogP contribution in [0.15, 0.2) is 118 Å². The van der Waals surface area contributed by atoms with Gasteiger partial charge in [-0.1, -0.05) is 119 Å². The van der Waals surface area contributed by atoms with Crippen molar-refractivity contribution >= 4 is 57.2 Å². The molecular weight excluding hydrogens is 1320 g/mol. The molecule has 6 bridgehead atoms. The summed E-state index contributed by atoms with van der Waals surface area (Å²) in [7, 11) is 3.94. The minimum atomic E-state index is -0.620. The number of aliphatic hydroxyl groups excluding tert-OH is 1. The lowest BCUT2D eigenvalue weighted by molar-refractivity contribution is -0.158. The monoisotopic (exact) mass is 1440 g/mol. The van der Waals surface area contributed by atoms with Gasteiger partial charge in [-0.2, -0.15) is 0 Å². The van der Waals surface area contributed by atoms with Crippen molar-refractivity contribution in [1.29, 1.82) is 0 Å². The van der Waals surface area contributed by atoms with Gasteiger partial charge in [-0.3, -0.25) is 48.6 Å². The van der Waals surface area contributed by atoms with Crippen LogP contribution in [0.5, 0.6) is 0 Å². The van der Waals surface area contributed by atoms with Gasteiger partial charge in [0.15, 0.2) is 11.5 Å². The Labute approximate surface area is 625 Å². The third-order valence-corrected chi connectivity index (χ3v) is 27.0. The van der Waals surface area contributed by atoms with Crippen molar-refractivity contribution in [2.75, 3.05) is 20.7 Å². The second-order valence-electron chi connectivity index (χ2n) is 33.4. The van der Waals surface area contributed by atoms with Gasteiger partial charge in [0, 0.05) is 96.8 Å². The van der Waals surface area contributed by atoms with Crippen molar-refractivity contribution in [2.24, 2.45) is 0 Å². The fourth-order valence-corrected chi connectivity index (χ4v) is 22.0. The first-order valence-electron chi connectivity index (χ1n) is 41.3. The highest BCUT2D eigenvalue weighted by Gasteiger charge is 2.50. The molecule has 3 aromatic carbocycles. The lowest BCUT2D eigenvalue weighted by Gasteiger charge is -2.45. The van der Waals surface area contributed by atoms with E-state index in [0.717, 1.165) is 90.5 Å². The van der Waals surface area contributed by atoms with Crippen molar-refractivity contribution in [3.63, 3.8) is 0 Å². The minimum Gasteiger partial charge on any atom is -0.511 e. The Kier molecular flexibility index (Phi) is 22.9. The molecule has 6 aliphatic heterocycles. The van der Waals surface area contributed by atoms with Crippen LogP contribution in [0.1, 0.15) is 272 Å². The first kappa shape index (κ1) is 74.0. The number of carbonyl (C=O) groups excluding carboxylic acids is 2. The molecule has 3 saturated carbocycles. The largest absolute Gasteiger partial charge is 0.511 e. The molecule has 0 radical (unpaired) electrons. The maximum atomic E-state index is 14.4. The molecule has 4 unspecified atom stereocenters. The number of hydrogen-bond acceptors (Lipinski definition) is 15. The zero-order valence-corrected chi connectivity index (χ0v) is 63.6. The quantitative estimate of drug-likeness (QED) is 0.0650. The third kappa shape index (κ3) is 15.1. The molecule has 17 rings (SSSR count).